The third-order valence-electron chi connectivity index (χ3n) is 3.08. The number of anilines is 2. The first-order valence-electron chi connectivity index (χ1n) is 7.25. The zero-order valence-electron chi connectivity index (χ0n) is 12.6. The minimum Gasteiger partial charge on any atom is -0.470 e. The molecule has 5 heteroatoms. The molecule has 0 aliphatic carbocycles. The first-order valence-corrected chi connectivity index (χ1v) is 8.30. The number of rotatable bonds is 4. The van der Waals surface area contributed by atoms with E-state index in [4.69, 9.17) is 10.5 Å². The molecule has 0 spiro atoms. The first kappa shape index (κ1) is 15.3. The van der Waals surface area contributed by atoms with Crippen molar-refractivity contribution in [1.29, 1.82) is 0 Å². The molecule has 20 heavy (non-hydrogen) atoms. The average molecular weight is 295 g/mol. The van der Waals surface area contributed by atoms with Gasteiger partial charge in [-0.1, -0.05) is 6.42 Å². The molecule has 1 aliphatic rings. The smallest absolute Gasteiger partial charge is 0.239 e. The Kier molecular flexibility index (Phi) is 5.02. The van der Waals surface area contributed by atoms with Gasteiger partial charge in [0.05, 0.1) is 5.69 Å². The van der Waals surface area contributed by atoms with E-state index in [1.54, 1.807) is 0 Å². The second kappa shape index (κ2) is 6.57. The topological polar surface area (TPSA) is 60.2 Å². The summed E-state index contributed by atoms with van der Waals surface area (Å²) in [4.78, 5) is 4.47. The van der Waals surface area contributed by atoms with Crippen molar-refractivity contribution in [2.45, 2.75) is 50.9 Å². The van der Waals surface area contributed by atoms with Gasteiger partial charge in [0.25, 0.3) is 0 Å². The summed E-state index contributed by atoms with van der Waals surface area (Å²) in [5.41, 5.74) is 6.20. The van der Waals surface area contributed by atoms with E-state index in [9.17, 15) is 0 Å². The highest BCUT2D eigenvalue weighted by Gasteiger charge is 2.17. The third kappa shape index (κ3) is 4.78. The summed E-state index contributed by atoms with van der Waals surface area (Å²) in [6.07, 6.45) is 3.98. The number of nitrogens with two attached hydrogens (primary N) is 1. The van der Waals surface area contributed by atoms with Crippen LogP contribution in [0.3, 0.4) is 0 Å². The minimum atomic E-state index is -0.293. The normalized spacial score (nSPS) is 19.6. The van der Waals surface area contributed by atoms with Gasteiger partial charge in [0.1, 0.15) is 11.4 Å². The molecule has 0 bridgehead atoms. The molecule has 112 valence electrons. The second-order valence-electron chi connectivity index (χ2n) is 6.17. The van der Waals surface area contributed by atoms with E-state index in [0.717, 1.165) is 12.4 Å². The summed E-state index contributed by atoms with van der Waals surface area (Å²) in [5.74, 6) is 2.63. The van der Waals surface area contributed by atoms with Crippen molar-refractivity contribution in [3.8, 4) is 5.88 Å². The van der Waals surface area contributed by atoms with Crippen LogP contribution in [0.2, 0.25) is 0 Å². The van der Waals surface area contributed by atoms with Crippen LogP contribution in [0.25, 0.3) is 0 Å². The van der Waals surface area contributed by atoms with E-state index in [2.05, 4.69) is 22.1 Å². The van der Waals surface area contributed by atoms with Gasteiger partial charge in [-0.15, -0.1) is 0 Å². The summed E-state index contributed by atoms with van der Waals surface area (Å²) < 4.78 is 5.78. The number of nitrogens with one attached hydrogen (secondary N) is 1. The lowest BCUT2D eigenvalue weighted by atomic mass is 10.2. The van der Waals surface area contributed by atoms with E-state index >= 15 is 0 Å². The lowest BCUT2D eigenvalue weighted by Gasteiger charge is -2.23. The number of thioether (sulfide) groups is 1. The lowest BCUT2D eigenvalue weighted by molar-refractivity contribution is 0.125. The monoisotopic (exact) mass is 295 g/mol. The number of hydrogen-bond donors (Lipinski definition) is 2. The minimum absolute atomic E-state index is 0.293. The van der Waals surface area contributed by atoms with E-state index in [-0.39, 0.29) is 5.60 Å². The predicted octanol–water partition coefficient (Wildman–Crippen LogP) is 3.54. The largest absolute Gasteiger partial charge is 0.470 e. The molecule has 1 aliphatic heterocycles. The molecule has 1 fully saturated rings. The Labute approximate surface area is 125 Å². The fourth-order valence-electron chi connectivity index (χ4n) is 2.11. The van der Waals surface area contributed by atoms with Crippen LogP contribution >= 0.6 is 11.8 Å². The van der Waals surface area contributed by atoms with Crippen molar-refractivity contribution < 1.29 is 4.74 Å². The molecule has 0 amide bonds. The number of aromatic nitrogens is 1. The second-order valence-corrected chi connectivity index (χ2v) is 7.58. The third-order valence-corrected chi connectivity index (χ3v) is 4.48. The molecule has 0 saturated carbocycles. The molecule has 0 aromatic carbocycles. The molecule has 3 N–H and O–H groups in total. The Morgan fingerprint density at radius 3 is 2.85 bits per heavy atom. The van der Waals surface area contributed by atoms with Gasteiger partial charge < -0.3 is 15.8 Å². The fourth-order valence-corrected chi connectivity index (χ4v) is 3.35. The standard InChI is InChI=1S/C15H25N3OS/c1-15(2,3)19-14-12(16)7-8-13(18-14)17-10-11-6-4-5-9-20-11/h7-8,11H,4-6,9-10,16H2,1-3H3,(H,17,18). The van der Waals surface area contributed by atoms with Crippen LogP contribution in [-0.2, 0) is 0 Å². The van der Waals surface area contributed by atoms with Gasteiger partial charge in [0.15, 0.2) is 0 Å². The van der Waals surface area contributed by atoms with Gasteiger partial charge in [0, 0.05) is 11.8 Å². The van der Waals surface area contributed by atoms with Crippen molar-refractivity contribution >= 4 is 23.3 Å². The molecule has 0 radical (unpaired) electrons. The molecular weight excluding hydrogens is 270 g/mol. The SMILES string of the molecule is CC(C)(C)Oc1nc(NCC2CCCCS2)ccc1N. The first-order chi connectivity index (χ1) is 9.44. The van der Waals surface area contributed by atoms with Crippen LogP contribution in [-0.4, -0.2) is 28.1 Å². The van der Waals surface area contributed by atoms with Gasteiger partial charge in [-0.25, -0.2) is 0 Å². The fraction of sp³-hybridized carbons (Fsp3) is 0.667. The van der Waals surface area contributed by atoms with Gasteiger partial charge in [-0.3, -0.25) is 0 Å². The Morgan fingerprint density at radius 2 is 2.20 bits per heavy atom. The van der Waals surface area contributed by atoms with Crippen molar-refractivity contribution in [3.63, 3.8) is 0 Å². The highest BCUT2D eigenvalue weighted by Crippen LogP contribution is 2.27. The van der Waals surface area contributed by atoms with E-state index in [0.29, 0.717) is 16.8 Å². The van der Waals surface area contributed by atoms with Gasteiger partial charge in [-0.05, 0) is 51.5 Å². The molecule has 1 aromatic heterocycles. The maximum Gasteiger partial charge on any atom is 0.239 e. The average Bonchev–Trinajstić information content (AvgIpc) is 2.39. The lowest BCUT2D eigenvalue weighted by Crippen LogP contribution is -2.25. The number of pyridine rings is 1. The van der Waals surface area contributed by atoms with Gasteiger partial charge in [0.2, 0.25) is 5.88 Å². The quantitative estimate of drug-likeness (QED) is 0.889. The molecular formula is C15H25N3OS. The molecule has 1 atom stereocenters. The van der Waals surface area contributed by atoms with Crippen LogP contribution in [0.15, 0.2) is 12.1 Å². The van der Waals surface area contributed by atoms with Crippen LogP contribution in [0.1, 0.15) is 40.0 Å². The zero-order valence-corrected chi connectivity index (χ0v) is 13.4. The van der Waals surface area contributed by atoms with E-state index in [1.165, 1.54) is 25.0 Å². The highest BCUT2D eigenvalue weighted by molar-refractivity contribution is 7.99. The van der Waals surface area contributed by atoms with Crippen LogP contribution in [0.4, 0.5) is 11.5 Å². The van der Waals surface area contributed by atoms with Crippen LogP contribution < -0.4 is 15.8 Å². The van der Waals surface area contributed by atoms with E-state index < -0.39 is 0 Å². The Bertz CT molecular complexity index is 439. The maximum atomic E-state index is 5.92. The van der Waals surface area contributed by atoms with Crippen molar-refractivity contribution in [2.24, 2.45) is 0 Å². The molecule has 2 heterocycles. The molecule has 1 saturated heterocycles. The number of nitrogen functional groups attached to an aromatic ring is 1. The zero-order chi connectivity index (χ0) is 14.6. The number of hydrogen-bond acceptors (Lipinski definition) is 5. The van der Waals surface area contributed by atoms with E-state index in [1.807, 2.05) is 32.9 Å². The summed E-state index contributed by atoms with van der Waals surface area (Å²) in [5, 5.41) is 4.09. The molecule has 1 unspecified atom stereocenters. The van der Waals surface area contributed by atoms with Crippen molar-refractivity contribution in [1.82, 2.24) is 4.98 Å². The summed E-state index contributed by atoms with van der Waals surface area (Å²) >= 11 is 2.05. The Balaban J connectivity index is 1.96. The molecule has 2 rings (SSSR count). The number of nitrogens with zero attached hydrogens (tertiary/aromatic N) is 1. The molecule has 4 nitrogen and oxygen atoms in total. The maximum absolute atomic E-state index is 5.92. The summed E-state index contributed by atoms with van der Waals surface area (Å²) in [6, 6.07) is 3.77. The van der Waals surface area contributed by atoms with Crippen LogP contribution in [0.5, 0.6) is 5.88 Å². The predicted molar refractivity (Wildman–Crippen MR) is 87.6 cm³/mol. The Hall–Kier alpha value is -1.10. The molecule has 1 aromatic rings. The number of ether oxygens (including phenoxy) is 1. The van der Waals surface area contributed by atoms with Crippen LogP contribution in [0, 0.1) is 0 Å². The van der Waals surface area contributed by atoms with Crippen molar-refractivity contribution in [2.75, 3.05) is 23.3 Å². The summed E-state index contributed by atoms with van der Waals surface area (Å²) in [6.45, 7) is 6.93. The Morgan fingerprint density at radius 1 is 1.40 bits per heavy atom. The van der Waals surface area contributed by atoms with Gasteiger partial charge >= 0.3 is 0 Å². The summed E-state index contributed by atoms with van der Waals surface area (Å²) in [7, 11) is 0. The van der Waals surface area contributed by atoms with Crippen molar-refractivity contribution in [3.05, 3.63) is 12.1 Å². The highest BCUT2D eigenvalue weighted by atomic mass is 32.2. The van der Waals surface area contributed by atoms with Gasteiger partial charge in [-0.2, -0.15) is 16.7 Å².